The summed E-state index contributed by atoms with van der Waals surface area (Å²) in [7, 11) is 0. The van der Waals surface area contributed by atoms with Gasteiger partial charge in [-0.2, -0.15) is 0 Å². The zero-order valence-corrected chi connectivity index (χ0v) is 19.0. The van der Waals surface area contributed by atoms with Crippen molar-refractivity contribution in [2.45, 2.75) is 19.3 Å². The van der Waals surface area contributed by atoms with Crippen molar-refractivity contribution >= 4 is 28.5 Å². The summed E-state index contributed by atoms with van der Waals surface area (Å²) >= 11 is 0. The van der Waals surface area contributed by atoms with E-state index in [-0.39, 0.29) is 29.4 Å². The van der Waals surface area contributed by atoms with Crippen LogP contribution in [0.25, 0.3) is 10.8 Å². The molecule has 1 aliphatic rings. The number of rotatable bonds is 7. The van der Waals surface area contributed by atoms with Crippen molar-refractivity contribution in [1.29, 1.82) is 0 Å². The van der Waals surface area contributed by atoms with Crippen LogP contribution in [-0.4, -0.2) is 53.9 Å². The zero-order chi connectivity index (χ0) is 23.9. The van der Waals surface area contributed by atoms with Crippen LogP contribution < -0.4 is 10.6 Å². The average molecular weight is 460 g/mol. The van der Waals surface area contributed by atoms with Gasteiger partial charge in [-0.15, -0.1) is 0 Å². The van der Waals surface area contributed by atoms with E-state index in [1.807, 2.05) is 42.5 Å². The minimum atomic E-state index is -0.267. The van der Waals surface area contributed by atoms with Crippen LogP contribution in [0.1, 0.15) is 40.0 Å². The molecule has 1 aliphatic heterocycles. The Kier molecular flexibility index (Phi) is 7.42. The molecule has 0 radical (unpaired) electrons. The summed E-state index contributed by atoms with van der Waals surface area (Å²) in [6.07, 6.45) is 2.12. The lowest BCUT2D eigenvalue weighted by molar-refractivity contribution is -0.126. The van der Waals surface area contributed by atoms with Gasteiger partial charge in [0.1, 0.15) is 5.75 Å². The number of nitrogens with zero attached hydrogens (tertiary/aromatic N) is 1. The molecule has 0 saturated carbocycles. The Morgan fingerprint density at radius 3 is 2.56 bits per heavy atom. The highest BCUT2D eigenvalue weighted by atomic mass is 16.3. The molecule has 1 atom stereocenters. The molecule has 3 aromatic rings. The summed E-state index contributed by atoms with van der Waals surface area (Å²) in [6.45, 7) is 1.90. The van der Waals surface area contributed by atoms with E-state index in [1.165, 1.54) is 12.1 Å². The lowest BCUT2D eigenvalue weighted by Crippen LogP contribution is -2.45. The summed E-state index contributed by atoms with van der Waals surface area (Å²) in [5, 5.41) is 17.1. The van der Waals surface area contributed by atoms with Gasteiger partial charge in [0.15, 0.2) is 0 Å². The van der Waals surface area contributed by atoms with E-state index in [2.05, 4.69) is 10.6 Å². The Balaban J connectivity index is 1.25. The van der Waals surface area contributed by atoms with Gasteiger partial charge in [0.25, 0.3) is 11.8 Å². The summed E-state index contributed by atoms with van der Waals surface area (Å²) in [4.78, 5) is 39.8. The maximum atomic E-state index is 13.2. The molecule has 3 aromatic carbocycles. The Morgan fingerprint density at radius 2 is 1.71 bits per heavy atom. The number of phenolic OH excluding ortho intramolecular Hbond substituents is 1. The molecule has 3 amide bonds. The van der Waals surface area contributed by atoms with Crippen molar-refractivity contribution in [3.8, 4) is 5.75 Å². The smallest absolute Gasteiger partial charge is 0.254 e. The van der Waals surface area contributed by atoms with E-state index in [1.54, 1.807) is 17.0 Å². The van der Waals surface area contributed by atoms with Gasteiger partial charge in [-0.05, 0) is 54.3 Å². The van der Waals surface area contributed by atoms with Gasteiger partial charge in [0.2, 0.25) is 5.91 Å². The van der Waals surface area contributed by atoms with Crippen LogP contribution in [0.2, 0.25) is 0 Å². The molecule has 34 heavy (non-hydrogen) atoms. The number of benzene rings is 3. The van der Waals surface area contributed by atoms with Gasteiger partial charge >= 0.3 is 0 Å². The molecule has 1 fully saturated rings. The number of fused-ring (bicyclic) bond motifs is 1. The van der Waals surface area contributed by atoms with Crippen molar-refractivity contribution in [2.75, 3.05) is 26.2 Å². The zero-order valence-electron chi connectivity index (χ0n) is 19.0. The number of aromatic hydroxyl groups is 1. The van der Waals surface area contributed by atoms with Crippen LogP contribution in [0.4, 0.5) is 0 Å². The fraction of sp³-hybridized carbons (Fsp3) is 0.296. The molecular weight excluding hydrogens is 430 g/mol. The summed E-state index contributed by atoms with van der Waals surface area (Å²) in [6, 6.07) is 19.7. The average Bonchev–Trinajstić information content (AvgIpc) is 2.87. The lowest BCUT2D eigenvalue weighted by Gasteiger charge is -2.32. The third-order valence-electron chi connectivity index (χ3n) is 6.15. The van der Waals surface area contributed by atoms with Gasteiger partial charge < -0.3 is 20.6 Å². The molecule has 0 aliphatic carbocycles. The molecule has 1 unspecified atom stereocenters. The first-order chi connectivity index (χ1) is 16.5. The van der Waals surface area contributed by atoms with E-state index in [0.717, 1.165) is 23.6 Å². The second-order valence-electron chi connectivity index (χ2n) is 8.57. The Labute approximate surface area is 198 Å². The summed E-state index contributed by atoms with van der Waals surface area (Å²) in [5.74, 6) is -0.564. The normalized spacial score (nSPS) is 15.6. The Morgan fingerprint density at radius 1 is 0.941 bits per heavy atom. The minimum absolute atomic E-state index is 0.0380. The standard InChI is InChI=1S/C27H29N3O4/c31-22-11-3-9-20(17-22)25(32)28-14-6-15-29-26(33)21-10-5-16-30(18-21)27(34)24-13-4-8-19-7-1-2-12-23(19)24/h1-4,7-9,11-13,17,21,31H,5-6,10,14-16,18H2,(H,28,32)(H,29,33). The van der Waals surface area contributed by atoms with Crippen molar-refractivity contribution in [1.82, 2.24) is 15.5 Å². The number of nitrogens with one attached hydrogen (secondary N) is 2. The van der Waals surface area contributed by atoms with Gasteiger partial charge in [-0.25, -0.2) is 0 Å². The molecule has 4 rings (SSSR count). The van der Waals surface area contributed by atoms with E-state index in [4.69, 9.17) is 0 Å². The fourth-order valence-electron chi connectivity index (χ4n) is 4.35. The van der Waals surface area contributed by atoms with E-state index >= 15 is 0 Å². The molecule has 0 bridgehead atoms. The number of hydrogen-bond acceptors (Lipinski definition) is 4. The first-order valence-electron chi connectivity index (χ1n) is 11.6. The largest absolute Gasteiger partial charge is 0.508 e. The van der Waals surface area contributed by atoms with Crippen LogP contribution in [0.5, 0.6) is 5.75 Å². The third kappa shape index (κ3) is 5.54. The first kappa shape index (κ1) is 23.3. The van der Waals surface area contributed by atoms with Crippen LogP contribution in [-0.2, 0) is 4.79 Å². The highest BCUT2D eigenvalue weighted by Crippen LogP contribution is 2.23. The van der Waals surface area contributed by atoms with Crippen LogP contribution in [0.3, 0.4) is 0 Å². The van der Waals surface area contributed by atoms with E-state index in [9.17, 15) is 19.5 Å². The second kappa shape index (κ2) is 10.8. The highest BCUT2D eigenvalue weighted by molar-refractivity contribution is 6.07. The number of carbonyl (C=O) groups excluding carboxylic acids is 3. The maximum Gasteiger partial charge on any atom is 0.254 e. The number of likely N-dealkylation sites (tertiary alicyclic amines) is 1. The van der Waals surface area contributed by atoms with Crippen LogP contribution in [0, 0.1) is 5.92 Å². The first-order valence-corrected chi connectivity index (χ1v) is 11.6. The molecule has 7 heteroatoms. The summed E-state index contributed by atoms with van der Waals surface area (Å²) < 4.78 is 0. The molecular formula is C27H29N3O4. The SMILES string of the molecule is O=C(NCCCNC(=O)C1CCCN(C(=O)c2cccc3ccccc23)C1)c1cccc(O)c1. The quantitative estimate of drug-likeness (QED) is 0.472. The number of hydrogen-bond donors (Lipinski definition) is 3. The number of amides is 3. The maximum absolute atomic E-state index is 13.2. The van der Waals surface area contributed by atoms with E-state index in [0.29, 0.717) is 43.7 Å². The number of carbonyl (C=O) groups is 3. The molecule has 1 saturated heterocycles. The fourth-order valence-corrected chi connectivity index (χ4v) is 4.35. The molecule has 176 valence electrons. The van der Waals surface area contributed by atoms with Gasteiger partial charge in [-0.3, -0.25) is 14.4 Å². The molecule has 1 heterocycles. The highest BCUT2D eigenvalue weighted by Gasteiger charge is 2.29. The molecule has 0 aromatic heterocycles. The van der Waals surface area contributed by atoms with Crippen molar-refractivity contribution < 1.29 is 19.5 Å². The van der Waals surface area contributed by atoms with Gasteiger partial charge in [0.05, 0.1) is 5.92 Å². The van der Waals surface area contributed by atoms with Gasteiger partial charge in [-0.1, -0.05) is 42.5 Å². The Bertz CT molecular complexity index is 1190. The minimum Gasteiger partial charge on any atom is -0.508 e. The number of piperidine rings is 1. The van der Waals surface area contributed by atoms with Crippen molar-refractivity contribution in [3.63, 3.8) is 0 Å². The van der Waals surface area contributed by atoms with Crippen molar-refractivity contribution in [2.24, 2.45) is 5.92 Å². The van der Waals surface area contributed by atoms with E-state index < -0.39 is 0 Å². The molecule has 7 nitrogen and oxygen atoms in total. The predicted molar refractivity (Wildman–Crippen MR) is 131 cm³/mol. The topological polar surface area (TPSA) is 98.7 Å². The predicted octanol–water partition coefficient (Wildman–Crippen LogP) is 3.33. The van der Waals surface area contributed by atoms with Crippen LogP contribution in [0.15, 0.2) is 66.7 Å². The third-order valence-corrected chi connectivity index (χ3v) is 6.15. The van der Waals surface area contributed by atoms with Crippen molar-refractivity contribution in [3.05, 3.63) is 77.9 Å². The van der Waals surface area contributed by atoms with Gasteiger partial charge in [0, 0.05) is 37.3 Å². The second-order valence-corrected chi connectivity index (χ2v) is 8.57. The summed E-state index contributed by atoms with van der Waals surface area (Å²) in [5.41, 5.74) is 1.06. The van der Waals surface area contributed by atoms with Crippen LogP contribution >= 0.6 is 0 Å². The number of phenols is 1. The Hall–Kier alpha value is -3.87. The molecule has 3 N–H and O–H groups in total. The lowest BCUT2D eigenvalue weighted by atomic mass is 9.95. The molecule has 0 spiro atoms. The monoisotopic (exact) mass is 459 g/mol.